The molecule has 0 amide bonds. The number of halogens is 1. The number of nitrogens with one attached hydrogen (secondary N) is 1. The molecule has 3 rings (SSSR count). The molecule has 1 aromatic rings. The number of guanidine groups is 1. The van der Waals surface area contributed by atoms with E-state index >= 15 is 0 Å². The largest absolute Gasteiger partial charge is 0.354 e. The Bertz CT molecular complexity index is 769. The Kier molecular flexibility index (Phi) is 8.19. The summed E-state index contributed by atoms with van der Waals surface area (Å²) in [5.74, 6) is 1.70. The second-order valence-electron chi connectivity index (χ2n) is 8.49. The number of hydrogen-bond donors (Lipinski definition) is 1. The van der Waals surface area contributed by atoms with E-state index in [4.69, 9.17) is 4.99 Å². The van der Waals surface area contributed by atoms with E-state index in [0.717, 1.165) is 38.3 Å². The lowest BCUT2D eigenvalue weighted by atomic mass is 9.82. The van der Waals surface area contributed by atoms with Gasteiger partial charge in [-0.1, -0.05) is 44.2 Å². The monoisotopic (exact) mass is 519 g/mol. The van der Waals surface area contributed by atoms with Crippen LogP contribution in [-0.4, -0.2) is 56.5 Å². The lowest BCUT2D eigenvalue weighted by molar-refractivity contribution is 0.427. The minimum Gasteiger partial charge on any atom is -0.354 e. The van der Waals surface area contributed by atoms with Gasteiger partial charge in [-0.15, -0.1) is 24.0 Å². The van der Waals surface area contributed by atoms with E-state index in [1.807, 2.05) is 0 Å². The first-order valence-corrected chi connectivity index (χ1v) is 12.0. The zero-order valence-electron chi connectivity index (χ0n) is 17.2. The van der Waals surface area contributed by atoms with Gasteiger partial charge in [-0.25, -0.2) is 8.42 Å². The molecule has 2 heterocycles. The third-order valence-corrected chi connectivity index (χ3v) is 7.89. The summed E-state index contributed by atoms with van der Waals surface area (Å²) in [6.45, 7) is 9.15. The maximum atomic E-state index is 11.7. The van der Waals surface area contributed by atoms with Crippen LogP contribution in [0.4, 0.5) is 0 Å². The van der Waals surface area contributed by atoms with E-state index in [2.05, 4.69) is 61.3 Å². The van der Waals surface area contributed by atoms with Crippen molar-refractivity contribution in [3.05, 3.63) is 35.9 Å². The van der Waals surface area contributed by atoms with Crippen LogP contribution >= 0.6 is 24.0 Å². The molecule has 2 aliphatic rings. The Morgan fingerprint density at radius 2 is 2.07 bits per heavy atom. The highest BCUT2D eigenvalue weighted by molar-refractivity contribution is 14.0. The van der Waals surface area contributed by atoms with E-state index < -0.39 is 9.84 Å². The Balaban J connectivity index is 0.00000280. The molecule has 0 aromatic heterocycles. The average molecular weight is 519 g/mol. The van der Waals surface area contributed by atoms with E-state index in [1.165, 1.54) is 5.56 Å². The quantitative estimate of drug-likeness (QED) is 0.368. The zero-order chi connectivity index (χ0) is 19.5. The van der Waals surface area contributed by atoms with Crippen molar-refractivity contribution in [2.24, 2.45) is 10.9 Å². The van der Waals surface area contributed by atoms with E-state index in [0.29, 0.717) is 18.3 Å². The predicted octanol–water partition coefficient (Wildman–Crippen LogP) is 3.45. The molecule has 1 N–H and O–H groups in total. The van der Waals surface area contributed by atoms with Gasteiger partial charge in [0.2, 0.25) is 0 Å². The number of hydrogen-bond acceptors (Lipinski definition) is 3. The first kappa shape index (κ1) is 23.4. The number of aliphatic imine (C=N–C) groups is 1. The fourth-order valence-corrected chi connectivity index (χ4v) is 5.86. The molecule has 3 atom stereocenters. The first-order valence-electron chi connectivity index (χ1n) is 10.1. The minimum absolute atomic E-state index is 0. The van der Waals surface area contributed by atoms with Crippen molar-refractivity contribution in [2.45, 2.75) is 51.5 Å². The summed E-state index contributed by atoms with van der Waals surface area (Å²) in [6, 6.07) is 11.1. The molecule has 0 saturated carbocycles. The smallest absolute Gasteiger partial charge is 0.194 e. The molecule has 5 nitrogen and oxygen atoms in total. The summed E-state index contributed by atoms with van der Waals surface area (Å²) in [4.78, 5) is 7.22. The summed E-state index contributed by atoms with van der Waals surface area (Å²) in [6.07, 6.45) is 2.86. The van der Waals surface area contributed by atoms with Crippen molar-refractivity contribution >= 4 is 39.8 Å². The second kappa shape index (κ2) is 9.78. The fourth-order valence-electron chi connectivity index (χ4n) is 4.01. The molecule has 2 aliphatic heterocycles. The molecule has 2 saturated heterocycles. The Hall–Kier alpha value is -0.830. The highest BCUT2D eigenvalue weighted by Crippen LogP contribution is 2.34. The molecule has 28 heavy (non-hydrogen) atoms. The van der Waals surface area contributed by atoms with Crippen LogP contribution in [0.15, 0.2) is 35.3 Å². The van der Waals surface area contributed by atoms with Gasteiger partial charge < -0.3 is 10.2 Å². The van der Waals surface area contributed by atoms with E-state index in [-0.39, 0.29) is 41.1 Å². The standard InChI is InChI=1S/C21H33N3O2S.HI/c1-4-17(2)23-20(22-14-18-10-13-27(25,26)15-18)24-12-11-21(3,16-24)19-8-6-5-7-9-19;/h5-9,17-18H,4,10-16H2,1-3H3,(H,22,23);1H. The van der Waals surface area contributed by atoms with Crippen molar-refractivity contribution < 1.29 is 8.42 Å². The highest BCUT2D eigenvalue weighted by Gasteiger charge is 2.37. The van der Waals surface area contributed by atoms with Crippen LogP contribution in [0.5, 0.6) is 0 Å². The molecule has 2 fully saturated rings. The maximum absolute atomic E-state index is 11.7. The molecule has 0 aliphatic carbocycles. The average Bonchev–Trinajstić information content (AvgIpc) is 3.22. The van der Waals surface area contributed by atoms with Gasteiger partial charge in [0.25, 0.3) is 0 Å². The Morgan fingerprint density at radius 1 is 1.36 bits per heavy atom. The highest BCUT2D eigenvalue weighted by atomic mass is 127. The zero-order valence-corrected chi connectivity index (χ0v) is 20.4. The molecule has 1 aromatic carbocycles. The van der Waals surface area contributed by atoms with Gasteiger partial charge in [-0.05, 0) is 37.7 Å². The summed E-state index contributed by atoms with van der Waals surface area (Å²) >= 11 is 0. The normalized spacial score (nSPS) is 28.0. The molecule has 0 radical (unpaired) electrons. The number of rotatable bonds is 5. The third-order valence-electron chi connectivity index (χ3n) is 6.06. The molecule has 158 valence electrons. The van der Waals surface area contributed by atoms with Gasteiger partial charge in [0.1, 0.15) is 0 Å². The number of likely N-dealkylation sites (tertiary alicyclic amines) is 1. The fraction of sp³-hybridized carbons (Fsp3) is 0.667. The van der Waals surface area contributed by atoms with Gasteiger partial charge in [0.15, 0.2) is 15.8 Å². The van der Waals surface area contributed by atoms with E-state index in [9.17, 15) is 8.42 Å². The molecule has 7 heteroatoms. The van der Waals surface area contributed by atoms with Crippen LogP contribution in [0.2, 0.25) is 0 Å². The van der Waals surface area contributed by atoms with Crippen LogP contribution in [0.3, 0.4) is 0 Å². The van der Waals surface area contributed by atoms with Crippen molar-refractivity contribution in [3.63, 3.8) is 0 Å². The topological polar surface area (TPSA) is 61.8 Å². The lowest BCUT2D eigenvalue weighted by Gasteiger charge is -2.28. The van der Waals surface area contributed by atoms with Gasteiger partial charge in [0, 0.05) is 31.1 Å². The Labute approximate surface area is 187 Å². The molecule has 0 bridgehead atoms. The van der Waals surface area contributed by atoms with Crippen LogP contribution in [0, 0.1) is 5.92 Å². The predicted molar refractivity (Wildman–Crippen MR) is 127 cm³/mol. The second-order valence-corrected chi connectivity index (χ2v) is 10.7. The van der Waals surface area contributed by atoms with Crippen LogP contribution < -0.4 is 5.32 Å². The minimum atomic E-state index is -2.85. The van der Waals surface area contributed by atoms with Crippen LogP contribution in [0.25, 0.3) is 0 Å². The van der Waals surface area contributed by atoms with Crippen molar-refractivity contribution in [1.82, 2.24) is 10.2 Å². The van der Waals surface area contributed by atoms with Gasteiger partial charge in [0.05, 0.1) is 11.5 Å². The molecular weight excluding hydrogens is 485 g/mol. The van der Waals surface area contributed by atoms with Gasteiger partial charge >= 0.3 is 0 Å². The first-order chi connectivity index (χ1) is 12.8. The van der Waals surface area contributed by atoms with Crippen LogP contribution in [0.1, 0.15) is 45.6 Å². The van der Waals surface area contributed by atoms with Gasteiger partial charge in [-0.3, -0.25) is 4.99 Å². The summed E-state index contributed by atoms with van der Waals surface area (Å²) in [7, 11) is -2.85. The van der Waals surface area contributed by atoms with Gasteiger partial charge in [-0.2, -0.15) is 0 Å². The number of sulfone groups is 1. The third kappa shape index (κ3) is 5.84. The molecule has 0 spiro atoms. The SMILES string of the molecule is CCC(C)NC(=NCC1CCS(=O)(=O)C1)N1CCC(C)(c2ccccc2)C1.I. The molecular formula is C21H34IN3O2S. The lowest BCUT2D eigenvalue weighted by Crippen LogP contribution is -2.45. The summed E-state index contributed by atoms with van der Waals surface area (Å²) in [5.41, 5.74) is 1.49. The molecule has 3 unspecified atom stereocenters. The summed E-state index contributed by atoms with van der Waals surface area (Å²) in [5, 5.41) is 3.57. The summed E-state index contributed by atoms with van der Waals surface area (Å²) < 4.78 is 23.5. The van der Waals surface area contributed by atoms with Crippen molar-refractivity contribution in [3.8, 4) is 0 Å². The maximum Gasteiger partial charge on any atom is 0.194 e. The Morgan fingerprint density at radius 3 is 2.68 bits per heavy atom. The van der Waals surface area contributed by atoms with Crippen molar-refractivity contribution in [2.75, 3.05) is 31.1 Å². The number of nitrogens with zero attached hydrogens (tertiary/aromatic N) is 2. The van der Waals surface area contributed by atoms with E-state index in [1.54, 1.807) is 0 Å². The number of benzene rings is 1. The van der Waals surface area contributed by atoms with Crippen molar-refractivity contribution in [1.29, 1.82) is 0 Å². The van der Waals surface area contributed by atoms with Crippen LogP contribution in [-0.2, 0) is 15.3 Å².